The van der Waals surface area contributed by atoms with E-state index in [-0.39, 0.29) is 57.6 Å². The third-order valence-corrected chi connectivity index (χ3v) is 11.0. The molecule has 2 amide bonds. The molecule has 7 rings (SSSR count). The van der Waals surface area contributed by atoms with Gasteiger partial charge in [0.05, 0.1) is 30.5 Å². The molecular weight excluding hydrogens is 652 g/mol. The van der Waals surface area contributed by atoms with E-state index in [1.807, 2.05) is 24.3 Å². The highest BCUT2D eigenvalue weighted by Gasteiger charge is 2.57. The summed E-state index contributed by atoms with van der Waals surface area (Å²) in [7, 11) is 2.85. The zero-order valence-electron chi connectivity index (χ0n) is 25.7. The van der Waals surface area contributed by atoms with E-state index >= 15 is 0 Å². The van der Waals surface area contributed by atoms with Crippen molar-refractivity contribution in [2.24, 2.45) is 17.8 Å². The smallest absolute Gasteiger partial charge is 0.233 e. The van der Waals surface area contributed by atoms with Gasteiger partial charge in [0, 0.05) is 48.8 Å². The minimum Gasteiger partial charge on any atom is -0.502 e. The van der Waals surface area contributed by atoms with Crippen molar-refractivity contribution < 1.29 is 33.8 Å². The number of halogens is 1. The third kappa shape index (κ3) is 4.93. The number of rotatable bonds is 6. The number of Topliss-reactive ketones (excluding diaryl/α,β-unsaturated/α-hetero) is 1. The van der Waals surface area contributed by atoms with E-state index in [4.69, 9.17) is 9.47 Å². The lowest BCUT2D eigenvalue weighted by Crippen LogP contribution is -2.47. The molecule has 1 N–H and O–H groups in total. The number of ether oxygens (including phenoxy) is 2. The number of phenolic OH excluding ortho intramolecular Hbond substituents is 1. The first-order valence-corrected chi connectivity index (χ1v) is 16.5. The number of imide groups is 1. The molecule has 9 nitrogen and oxygen atoms in total. The molecular formula is C36H35BrN2O7. The van der Waals surface area contributed by atoms with Crippen LogP contribution < -0.4 is 9.47 Å². The number of fused-ring (bicyclic) bond motifs is 3. The summed E-state index contributed by atoms with van der Waals surface area (Å²) in [5, 5.41) is 10.6. The highest BCUT2D eigenvalue weighted by atomic mass is 79.9. The van der Waals surface area contributed by atoms with Crippen LogP contribution in [0.5, 0.6) is 17.2 Å². The first-order chi connectivity index (χ1) is 22.2. The first kappa shape index (κ1) is 30.6. The third-order valence-electron chi connectivity index (χ3n) is 10.4. The monoisotopic (exact) mass is 686 g/mol. The molecule has 46 heavy (non-hydrogen) atoms. The lowest BCUT2D eigenvalue weighted by atomic mass is 9.59. The second-order valence-corrected chi connectivity index (χ2v) is 13.6. The SMILES string of the molecule is COc1cc(C2C3=CCC4C(=O)N(C5CCN(Cc6ccccc6)CC5)C(=O)C4C3CC3=C2C(=O)C=C(Br)C3=O)cc(OC)c1O. The van der Waals surface area contributed by atoms with Crippen molar-refractivity contribution in [3.05, 3.63) is 86.9 Å². The van der Waals surface area contributed by atoms with Crippen LogP contribution in [0.4, 0.5) is 0 Å². The molecule has 3 aliphatic carbocycles. The van der Waals surface area contributed by atoms with E-state index in [2.05, 4.69) is 33.0 Å². The number of phenols is 1. The van der Waals surface area contributed by atoms with Crippen LogP contribution in [0.25, 0.3) is 0 Å². The second-order valence-electron chi connectivity index (χ2n) is 12.7. The summed E-state index contributed by atoms with van der Waals surface area (Å²) in [6, 6.07) is 13.4. The van der Waals surface area contributed by atoms with Gasteiger partial charge in [-0.15, -0.1) is 0 Å². The lowest BCUT2D eigenvalue weighted by molar-refractivity contribution is -0.144. The lowest BCUT2D eigenvalue weighted by Gasteiger charge is -2.42. The van der Waals surface area contributed by atoms with Gasteiger partial charge in [0.1, 0.15) is 0 Å². The van der Waals surface area contributed by atoms with Gasteiger partial charge >= 0.3 is 0 Å². The first-order valence-electron chi connectivity index (χ1n) is 15.7. The molecule has 238 valence electrons. The molecule has 2 aromatic rings. The van der Waals surface area contributed by atoms with Crippen molar-refractivity contribution in [3.8, 4) is 17.2 Å². The molecule has 4 unspecified atom stereocenters. The number of aromatic hydroxyl groups is 1. The van der Waals surface area contributed by atoms with Crippen LogP contribution in [0.3, 0.4) is 0 Å². The van der Waals surface area contributed by atoms with Gasteiger partial charge in [-0.05, 0) is 70.8 Å². The number of allylic oxidation sites excluding steroid dienone is 6. The van der Waals surface area contributed by atoms with Gasteiger partial charge in [-0.3, -0.25) is 29.0 Å². The van der Waals surface area contributed by atoms with Crippen LogP contribution in [-0.4, -0.2) is 71.6 Å². The molecule has 0 bridgehead atoms. The predicted molar refractivity (Wildman–Crippen MR) is 172 cm³/mol. The van der Waals surface area contributed by atoms with Crippen molar-refractivity contribution >= 4 is 39.3 Å². The van der Waals surface area contributed by atoms with E-state index in [1.54, 1.807) is 12.1 Å². The zero-order chi connectivity index (χ0) is 32.3. The minimum atomic E-state index is -0.676. The van der Waals surface area contributed by atoms with E-state index < -0.39 is 23.7 Å². The van der Waals surface area contributed by atoms with Gasteiger partial charge < -0.3 is 14.6 Å². The molecule has 5 aliphatic rings. The Hall–Kier alpha value is -4.02. The molecule has 0 saturated carbocycles. The zero-order valence-corrected chi connectivity index (χ0v) is 27.3. The fourth-order valence-electron chi connectivity index (χ4n) is 8.23. The van der Waals surface area contributed by atoms with Crippen molar-refractivity contribution in [1.82, 2.24) is 9.80 Å². The quantitative estimate of drug-likeness (QED) is 0.261. The van der Waals surface area contributed by atoms with E-state index in [1.165, 1.54) is 30.8 Å². The Balaban J connectivity index is 1.21. The van der Waals surface area contributed by atoms with Crippen LogP contribution in [-0.2, 0) is 25.7 Å². The van der Waals surface area contributed by atoms with Crippen molar-refractivity contribution in [1.29, 1.82) is 0 Å². The normalized spacial score (nSPS) is 26.8. The van der Waals surface area contributed by atoms with E-state index in [9.17, 15) is 24.3 Å². The maximum atomic E-state index is 14.3. The molecule has 0 aromatic heterocycles. The molecule has 0 radical (unpaired) electrons. The highest BCUT2D eigenvalue weighted by Crippen LogP contribution is 2.56. The summed E-state index contributed by atoms with van der Waals surface area (Å²) in [5.41, 5.74) is 3.37. The van der Waals surface area contributed by atoms with Crippen LogP contribution in [0.15, 0.2) is 75.8 Å². The van der Waals surface area contributed by atoms with Gasteiger partial charge in [0.2, 0.25) is 17.6 Å². The number of hydrogen-bond donors (Lipinski definition) is 1. The number of likely N-dealkylation sites (tertiary alicyclic amines) is 2. The number of ketones is 2. The van der Waals surface area contributed by atoms with Crippen LogP contribution in [0.1, 0.15) is 42.7 Å². The minimum absolute atomic E-state index is 0.136. The summed E-state index contributed by atoms with van der Waals surface area (Å²) in [5.74, 6) is -3.01. The molecule has 10 heteroatoms. The largest absolute Gasteiger partial charge is 0.502 e. The van der Waals surface area contributed by atoms with Crippen molar-refractivity contribution in [3.63, 3.8) is 0 Å². The average molecular weight is 688 g/mol. The number of carbonyl (C=O) groups is 4. The van der Waals surface area contributed by atoms with Crippen LogP contribution in [0, 0.1) is 17.8 Å². The molecule has 0 spiro atoms. The molecule has 4 atom stereocenters. The van der Waals surface area contributed by atoms with Crippen LogP contribution >= 0.6 is 15.9 Å². The maximum absolute atomic E-state index is 14.3. The highest BCUT2D eigenvalue weighted by molar-refractivity contribution is 9.12. The van der Waals surface area contributed by atoms with Crippen molar-refractivity contribution in [2.75, 3.05) is 27.3 Å². The summed E-state index contributed by atoms with van der Waals surface area (Å²) in [4.78, 5) is 59.3. The van der Waals surface area contributed by atoms with Crippen molar-refractivity contribution in [2.45, 2.75) is 44.2 Å². The molecule has 2 fully saturated rings. The number of carbonyl (C=O) groups excluding carboxylic acids is 4. The van der Waals surface area contributed by atoms with Gasteiger partial charge in [-0.1, -0.05) is 42.0 Å². The summed E-state index contributed by atoms with van der Waals surface area (Å²) >= 11 is 3.28. The van der Waals surface area contributed by atoms with Gasteiger partial charge in [0.15, 0.2) is 23.1 Å². The number of piperidine rings is 1. The molecule has 2 heterocycles. The Morgan fingerprint density at radius 2 is 1.61 bits per heavy atom. The molecule has 2 aliphatic heterocycles. The van der Waals surface area contributed by atoms with Crippen LogP contribution in [0.2, 0.25) is 0 Å². The fraction of sp³-hybridized carbons (Fsp3) is 0.389. The number of nitrogens with zero attached hydrogens (tertiary/aromatic N) is 2. The number of hydrogen-bond acceptors (Lipinski definition) is 8. The summed E-state index contributed by atoms with van der Waals surface area (Å²) in [6.45, 7) is 2.41. The van der Waals surface area contributed by atoms with E-state index in [0.29, 0.717) is 36.0 Å². The van der Waals surface area contributed by atoms with Gasteiger partial charge in [0.25, 0.3) is 0 Å². The van der Waals surface area contributed by atoms with E-state index in [0.717, 1.165) is 25.2 Å². The Morgan fingerprint density at radius 3 is 2.26 bits per heavy atom. The number of benzene rings is 2. The Morgan fingerprint density at radius 1 is 0.935 bits per heavy atom. The Labute approximate surface area is 275 Å². The average Bonchev–Trinajstić information content (AvgIpc) is 3.33. The Bertz CT molecular complexity index is 1710. The fourth-order valence-corrected chi connectivity index (χ4v) is 8.68. The standard InChI is InChI=1S/C36H35BrN2O7/c1-45-28-14-20(15-29(46-2)34(28)42)30-22-8-9-23-31(24(22)16-25-32(30)27(40)17-26(37)33(25)41)36(44)39(35(23)43)21-10-12-38(13-11-21)18-19-6-4-3-5-7-19/h3-8,14-15,17,21,23-24,30-31,42H,9-13,16,18H2,1-2H3. The Kier molecular flexibility index (Phi) is 7.97. The predicted octanol–water partition coefficient (Wildman–Crippen LogP) is 4.84. The molecule has 2 aromatic carbocycles. The van der Waals surface area contributed by atoms with Gasteiger partial charge in [-0.2, -0.15) is 0 Å². The second kappa shape index (κ2) is 12.0. The van der Waals surface area contributed by atoms with Gasteiger partial charge in [-0.25, -0.2) is 0 Å². The maximum Gasteiger partial charge on any atom is 0.233 e. The number of methoxy groups -OCH3 is 2. The summed E-state index contributed by atoms with van der Waals surface area (Å²) < 4.78 is 11.0. The number of amides is 2. The summed E-state index contributed by atoms with van der Waals surface area (Å²) in [6.07, 6.45) is 5.29. The molecule has 2 saturated heterocycles. The topological polar surface area (TPSA) is 113 Å².